The molecular weight excluding hydrogens is 411 g/mol. The number of pyridine rings is 1. The number of amides is 2. The lowest BCUT2D eigenvalue weighted by molar-refractivity contribution is -0.134. The Morgan fingerprint density at radius 2 is 2.06 bits per heavy atom. The number of rotatable bonds is 6. The van der Waals surface area contributed by atoms with Crippen LogP contribution >= 0.6 is 0 Å². The second-order valence-electron chi connectivity index (χ2n) is 8.04. The van der Waals surface area contributed by atoms with Crippen LogP contribution in [0.3, 0.4) is 0 Å². The molecule has 2 atom stereocenters. The van der Waals surface area contributed by atoms with Crippen molar-refractivity contribution >= 4 is 23.7 Å². The number of allylic oxidation sites excluding steroid dienone is 1. The summed E-state index contributed by atoms with van der Waals surface area (Å²) in [4.78, 5) is 34.5. The number of carbonyl (C=O) groups excluding carboxylic acids is 2. The zero-order valence-corrected chi connectivity index (χ0v) is 17.8. The van der Waals surface area contributed by atoms with Crippen LogP contribution in [-0.2, 0) is 11.2 Å². The first kappa shape index (κ1) is 21.7. The highest BCUT2D eigenvalue weighted by molar-refractivity contribution is 5.96. The topological polar surface area (TPSA) is 97.9 Å². The van der Waals surface area contributed by atoms with Crippen LogP contribution in [0.4, 0.5) is 4.39 Å². The third-order valence-electron chi connectivity index (χ3n) is 5.63. The van der Waals surface area contributed by atoms with Crippen LogP contribution < -0.4 is 10.5 Å². The number of carbonyl (C=O) groups is 2. The van der Waals surface area contributed by atoms with Gasteiger partial charge in [0.2, 0.25) is 11.8 Å². The summed E-state index contributed by atoms with van der Waals surface area (Å²) in [5.41, 5.74) is 8.95. The summed E-state index contributed by atoms with van der Waals surface area (Å²) in [5.74, 6) is -0.838. The van der Waals surface area contributed by atoms with Gasteiger partial charge in [0, 0.05) is 37.4 Å². The first-order chi connectivity index (χ1) is 15.4. The fourth-order valence-electron chi connectivity index (χ4n) is 3.80. The molecule has 2 aliphatic heterocycles. The minimum atomic E-state index is -1.41. The number of halogens is 1. The Balaban J connectivity index is 1.40. The molecule has 7 nitrogen and oxygen atoms in total. The summed E-state index contributed by atoms with van der Waals surface area (Å²) in [6.07, 6.45) is 4.19. The van der Waals surface area contributed by atoms with E-state index in [0.29, 0.717) is 24.2 Å². The fraction of sp³-hybridized carbons (Fsp3) is 0.333. The maximum absolute atomic E-state index is 14.9. The second-order valence-corrected chi connectivity index (χ2v) is 8.04. The van der Waals surface area contributed by atoms with Crippen molar-refractivity contribution in [2.24, 2.45) is 10.7 Å². The van der Waals surface area contributed by atoms with Gasteiger partial charge < -0.3 is 15.4 Å². The van der Waals surface area contributed by atoms with E-state index in [1.165, 1.54) is 11.1 Å². The van der Waals surface area contributed by atoms with E-state index in [0.717, 1.165) is 11.1 Å². The second kappa shape index (κ2) is 9.30. The van der Waals surface area contributed by atoms with E-state index >= 15 is 0 Å². The first-order valence-electron chi connectivity index (χ1n) is 10.6. The van der Waals surface area contributed by atoms with Crippen molar-refractivity contribution < 1.29 is 18.7 Å². The molecule has 32 heavy (non-hydrogen) atoms. The number of benzene rings is 1. The number of aliphatic imine (C=N–C) groups is 1. The summed E-state index contributed by atoms with van der Waals surface area (Å²) in [5, 5.41) is 0. The minimum absolute atomic E-state index is 0.00379. The van der Waals surface area contributed by atoms with Gasteiger partial charge in [-0.1, -0.05) is 35.9 Å². The van der Waals surface area contributed by atoms with Crippen molar-refractivity contribution in [1.29, 1.82) is 0 Å². The minimum Gasteiger partial charge on any atom is -0.471 e. The van der Waals surface area contributed by atoms with Gasteiger partial charge in [-0.2, -0.15) is 0 Å². The standard InChI is InChI=1S/C24H25FN4O3/c1-15-4-6-16(7-5-15)11-22(30)29-10-8-21(19(25)14-29)32-24-18(23(26)31)12-17(13-28-24)20-3-2-9-27-20/h3-7,9,12-13,19,21H,2,8,10-11,14H2,1H3,(H2,26,31)/t19-,21+/m1/s1. The van der Waals surface area contributed by atoms with E-state index < -0.39 is 18.2 Å². The number of nitrogens with two attached hydrogens (primary N) is 1. The van der Waals surface area contributed by atoms with E-state index in [1.807, 2.05) is 37.3 Å². The van der Waals surface area contributed by atoms with Gasteiger partial charge in [0.15, 0.2) is 6.17 Å². The van der Waals surface area contributed by atoms with Crippen LogP contribution in [0.25, 0.3) is 5.70 Å². The molecule has 166 valence electrons. The number of hydrogen-bond donors (Lipinski definition) is 1. The fourth-order valence-corrected chi connectivity index (χ4v) is 3.80. The first-order valence-corrected chi connectivity index (χ1v) is 10.6. The van der Waals surface area contributed by atoms with Crippen molar-refractivity contribution in [3.8, 4) is 5.88 Å². The molecule has 0 bridgehead atoms. The smallest absolute Gasteiger partial charge is 0.254 e. The number of alkyl halides is 1. The monoisotopic (exact) mass is 436 g/mol. The number of aromatic nitrogens is 1. The maximum Gasteiger partial charge on any atom is 0.254 e. The van der Waals surface area contributed by atoms with E-state index in [1.54, 1.807) is 12.3 Å². The van der Waals surface area contributed by atoms with Gasteiger partial charge in [-0.3, -0.25) is 14.6 Å². The Hall–Kier alpha value is -3.55. The van der Waals surface area contributed by atoms with Crippen molar-refractivity contribution in [2.45, 2.75) is 38.5 Å². The van der Waals surface area contributed by atoms with Crippen molar-refractivity contribution in [1.82, 2.24) is 9.88 Å². The Labute approximate surface area is 185 Å². The summed E-state index contributed by atoms with van der Waals surface area (Å²) < 4.78 is 20.7. The number of nitrogens with zero attached hydrogens (tertiary/aromatic N) is 3. The lowest BCUT2D eigenvalue weighted by atomic mass is 10.0. The SMILES string of the molecule is Cc1ccc(CC(=O)N2CC[C@H](Oc3ncc(C4=CCC=N4)cc3C(N)=O)[C@H](F)C2)cc1. The molecule has 0 aliphatic carbocycles. The van der Waals surface area contributed by atoms with Gasteiger partial charge in [0.05, 0.1) is 18.7 Å². The zero-order valence-electron chi connectivity index (χ0n) is 17.8. The highest BCUT2D eigenvalue weighted by Crippen LogP contribution is 2.27. The Kier molecular flexibility index (Phi) is 6.30. The molecule has 1 fully saturated rings. The predicted molar refractivity (Wildman–Crippen MR) is 119 cm³/mol. The lowest BCUT2D eigenvalue weighted by Crippen LogP contribution is -2.49. The van der Waals surface area contributed by atoms with Crippen molar-refractivity contribution in [2.75, 3.05) is 13.1 Å². The molecule has 3 heterocycles. The molecule has 2 aliphatic rings. The van der Waals surface area contributed by atoms with Crippen LogP contribution in [0, 0.1) is 6.92 Å². The van der Waals surface area contributed by atoms with E-state index in [-0.39, 0.29) is 36.7 Å². The average molecular weight is 436 g/mol. The average Bonchev–Trinajstić information content (AvgIpc) is 3.31. The molecule has 1 aromatic heterocycles. The van der Waals surface area contributed by atoms with Crippen LogP contribution in [0.5, 0.6) is 5.88 Å². The molecule has 0 saturated carbocycles. The number of likely N-dealkylation sites (tertiary alicyclic amines) is 1. The largest absolute Gasteiger partial charge is 0.471 e. The van der Waals surface area contributed by atoms with Crippen molar-refractivity contribution in [3.05, 3.63) is 64.9 Å². The van der Waals surface area contributed by atoms with Gasteiger partial charge >= 0.3 is 0 Å². The Morgan fingerprint density at radius 1 is 1.28 bits per heavy atom. The predicted octanol–water partition coefficient (Wildman–Crippen LogP) is 2.86. The van der Waals surface area contributed by atoms with Gasteiger partial charge in [0.1, 0.15) is 11.7 Å². The number of aryl methyl sites for hydroxylation is 1. The van der Waals surface area contributed by atoms with E-state index in [9.17, 15) is 14.0 Å². The number of piperidine rings is 1. The molecule has 1 aromatic carbocycles. The molecule has 2 N–H and O–H groups in total. The highest BCUT2D eigenvalue weighted by Gasteiger charge is 2.34. The Morgan fingerprint density at radius 3 is 2.72 bits per heavy atom. The summed E-state index contributed by atoms with van der Waals surface area (Å²) in [6.45, 7) is 2.28. The van der Waals surface area contributed by atoms with Crippen LogP contribution in [0.1, 0.15) is 39.9 Å². The molecule has 0 unspecified atom stereocenters. The Bertz CT molecular complexity index is 1080. The summed E-state index contributed by atoms with van der Waals surface area (Å²) in [6, 6.07) is 9.27. The van der Waals surface area contributed by atoms with E-state index in [4.69, 9.17) is 10.5 Å². The molecule has 2 aromatic rings. The highest BCUT2D eigenvalue weighted by atomic mass is 19.1. The molecule has 2 amide bonds. The molecule has 0 spiro atoms. The van der Waals surface area contributed by atoms with Crippen LogP contribution in [0.2, 0.25) is 0 Å². The molecule has 1 saturated heterocycles. The van der Waals surface area contributed by atoms with Gasteiger partial charge in [-0.25, -0.2) is 9.37 Å². The van der Waals surface area contributed by atoms with Gasteiger partial charge in [0.25, 0.3) is 5.91 Å². The maximum atomic E-state index is 14.9. The van der Waals surface area contributed by atoms with Crippen molar-refractivity contribution in [3.63, 3.8) is 0 Å². The van der Waals surface area contributed by atoms with Gasteiger partial charge in [-0.15, -0.1) is 0 Å². The van der Waals surface area contributed by atoms with E-state index in [2.05, 4.69) is 9.98 Å². The molecule has 8 heteroatoms. The number of primary amides is 1. The normalized spacial score (nSPS) is 20.2. The number of hydrogen-bond acceptors (Lipinski definition) is 5. The molecular formula is C24H25FN4O3. The number of ether oxygens (including phenoxy) is 1. The molecule has 4 rings (SSSR count). The van der Waals surface area contributed by atoms with Crippen LogP contribution in [-0.4, -0.2) is 53.3 Å². The summed E-state index contributed by atoms with van der Waals surface area (Å²) in [7, 11) is 0. The lowest BCUT2D eigenvalue weighted by Gasteiger charge is -2.34. The quantitative estimate of drug-likeness (QED) is 0.753. The summed E-state index contributed by atoms with van der Waals surface area (Å²) >= 11 is 0. The third kappa shape index (κ3) is 4.85. The third-order valence-corrected chi connectivity index (χ3v) is 5.63. The van der Waals surface area contributed by atoms with Gasteiger partial charge in [-0.05, 0) is 18.6 Å². The zero-order chi connectivity index (χ0) is 22.7. The van der Waals surface area contributed by atoms with Crippen LogP contribution in [0.15, 0.2) is 47.6 Å². The molecule has 0 radical (unpaired) electrons.